The molecule has 2 unspecified atom stereocenters. The first kappa shape index (κ1) is 14.4. The van der Waals surface area contributed by atoms with Crippen LogP contribution in [0.3, 0.4) is 0 Å². The summed E-state index contributed by atoms with van der Waals surface area (Å²) in [6.45, 7) is 2.28. The van der Waals surface area contributed by atoms with E-state index in [0.29, 0.717) is 19.8 Å². The van der Waals surface area contributed by atoms with E-state index >= 15 is 0 Å². The fourth-order valence-corrected chi connectivity index (χ4v) is 1.76. The molecule has 100 valence electrons. The summed E-state index contributed by atoms with van der Waals surface area (Å²) in [5, 5.41) is 14.5. The van der Waals surface area contributed by atoms with E-state index in [1.54, 1.807) is 7.11 Å². The average molecular weight is 246 g/mol. The summed E-state index contributed by atoms with van der Waals surface area (Å²) in [5.41, 5.74) is 0. The molecule has 1 heterocycles. The van der Waals surface area contributed by atoms with Gasteiger partial charge >= 0.3 is 0 Å². The molecule has 1 aliphatic heterocycles. The first-order chi connectivity index (χ1) is 8.27. The molecule has 0 saturated carbocycles. The van der Waals surface area contributed by atoms with E-state index in [1.807, 2.05) is 0 Å². The molecule has 6 heteroatoms. The molecule has 17 heavy (non-hydrogen) atoms. The van der Waals surface area contributed by atoms with Crippen molar-refractivity contribution in [1.29, 1.82) is 0 Å². The highest BCUT2D eigenvalue weighted by Gasteiger charge is 2.28. The number of hydrogen-bond acceptors (Lipinski definition) is 5. The standard InChI is InChI=1S/C11H22N2O4/c1-16-9-7-10(13-8-9)11(15)12-3-2-5-17-6-4-14/h9-10,13-14H,2-8H2,1H3,(H,12,15). The molecule has 0 aromatic carbocycles. The van der Waals surface area contributed by atoms with Crippen LogP contribution in [0.5, 0.6) is 0 Å². The van der Waals surface area contributed by atoms with E-state index in [2.05, 4.69) is 10.6 Å². The van der Waals surface area contributed by atoms with Gasteiger partial charge in [-0.05, 0) is 12.8 Å². The lowest BCUT2D eigenvalue weighted by Crippen LogP contribution is -2.40. The van der Waals surface area contributed by atoms with Crippen molar-refractivity contribution in [3.05, 3.63) is 0 Å². The largest absolute Gasteiger partial charge is 0.394 e. The molecule has 1 rings (SSSR count). The van der Waals surface area contributed by atoms with Crippen molar-refractivity contribution in [1.82, 2.24) is 10.6 Å². The van der Waals surface area contributed by atoms with Crippen molar-refractivity contribution in [2.45, 2.75) is 25.0 Å². The lowest BCUT2D eigenvalue weighted by atomic mass is 10.2. The number of rotatable bonds is 8. The van der Waals surface area contributed by atoms with Gasteiger partial charge in [0.05, 0.1) is 25.4 Å². The van der Waals surface area contributed by atoms with Gasteiger partial charge in [0.15, 0.2) is 0 Å². The van der Waals surface area contributed by atoms with Gasteiger partial charge < -0.3 is 25.2 Å². The maximum absolute atomic E-state index is 11.7. The molecular formula is C11H22N2O4. The Labute approximate surface area is 102 Å². The zero-order valence-electron chi connectivity index (χ0n) is 10.3. The van der Waals surface area contributed by atoms with Crippen LogP contribution in [-0.2, 0) is 14.3 Å². The molecule has 6 nitrogen and oxygen atoms in total. The number of ether oxygens (including phenoxy) is 2. The van der Waals surface area contributed by atoms with Gasteiger partial charge in [-0.1, -0.05) is 0 Å². The average Bonchev–Trinajstić information content (AvgIpc) is 2.82. The third-order valence-corrected chi connectivity index (χ3v) is 2.74. The lowest BCUT2D eigenvalue weighted by molar-refractivity contribution is -0.123. The maximum atomic E-state index is 11.7. The van der Waals surface area contributed by atoms with Crippen LogP contribution in [0.25, 0.3) is 0 Å². The zero-order valence-corrected chi connectivity index (χ0v) is 10.3. The van der Waals surface area contributed by atoms with E-state index in [9.17, 15) is 4.79 Å². The fraction of sp³-hybridized carbons (Fsp3) is 0.909. The van der Waals surface area contributed by atoms with Gasteiger partial charge in [0, 0.05) is 26.8 Å². The van der Waals surface area contributed by atoms with Crippen LogP contribution in [-0.4, -0.2) is 63.2 Å². The van der Waals surface area contributed by atoms with Crippen LogP contribution < -0.4 is 10.6 Å². The smallest absolute Gasteiger partial charge is 0.237 e. The monoisotopic (exact) mass is 246 g/mol. The first-order valence-electron chi connectivity index (χ1n) is 6.00. The molecule has 0 aliphatic carbocycles. The summed E-state index contributed by atoms with van der Waals surface area (Å²) in [4.78, 5) is 11.7. The van der Waals surface area contributed by atoms with Gasteiger partial charge in [0.2, 0.25) is 5.91 Å². The second-order valence-corrected chi connectivity index (χ2v) is 4.03. The van der Waals surface area contributed by atoms with Gasteiger partial charge in [-0.3, -0.25) is 4.79 Å². The van der Waals surface area contributed by atoms with Crippen molar-refractivity contribution in [2.75, 3.05) is 40.0 Å². The molecule has 0 aromatic heterocycles. The minimum atomic E-state index is -0.140. The predicted molar refractivity (Wildman–Crippen MR) is 62.7 cm³/mol. The maximum Gasteiger partial charge on any atom is 0.237 e. The minimum absolute atomic E-state index is 0.0201. The van der Waals surface area contributed by atoms with Crippen LogP contribution in [0.2, 0.25) is 0 Å². The van der Waals surface area contributed by atoms with E-state index in [4.69, 9.17) is 14.6 Å². The molecule has 3 N–H and O–H groups in total. The van der Waals surface area contributed by atoms with E-state index < -0.39 is 0 Å². The number of hydrogen-bond donors (Lipinski definition) is 3. The summed E-state index contributed by atoms with van der Waals surface area (Å²) in [6, 6.07) is -0.140. The van der Waals surface area contributed by atoms with E-state index in [0.717, 1.165) is 19.4 Å². The highest BCUT2D eigenvalue weighted by atomic mass is 16.5. The Bertz CT molecular complexity index is 226. The van der Waals surface area contributed by atoms with Crippen LogP contribution >= 0.6 is 0 Å². The molecule has 0 radical (unpaired) electrons. The third kappa shape index (κ3) is 5.45. The normalized spacial score (nSPS) is 23.9. The van der Waals surface area contributed by atoms with Crippen molar-refractivity contribution in [3.63, 3.8) is 0 Å². The first-order valence-corrected chi connectivity index (χ1v) is 6.00. The fourth-order valence-electron chi connectivity index (χ4n) is 1.76. The number of nitrogens with one attached hydrogen (secondary N) is 2. The highest BCUT2D eigenvalue weighted by molar-refractivity contribution is 5.82. The summed E-state index contributed by atoms with van der Waals surface area (Å²) in [6.07, 6.45) is 1.62. The Morgan fingerprint density at radius 2 is 2.35 bits per heavy atom. The lowest BCUT2D eigenvalue weighted by Gasteiger charge is -2.11. The molecule has 0 aromatic rings. The second kappa shape index (κ2) is 8.41. The van der Waals surface area contributed by atoms with Crippen LogP contribution in [0.15, 0.2) is 0 Å². The molecule has 1 aliphatic rings. The zero-order chi connectivity index (χ0) is 12.5. The molecule has 2 atom stereocenters. The Kier molecular flexibility index (Phi) is 7.11. The Morgan fingerprint density at radius 3 is 3.00 bits per heavy atom. The Balaban J connectivity index is 2.01. The quantitative estimate of drug-likeness (QED) is 0.473. The molecule has 0 bridgehead atoms. The van der Waals surface area contributed by atoms with Crippen molar-refractivity contribution in [3.8, 4) is 0 Å². The molecule has 1 saturated heterocycles. The van der Waals surface area contributed by atoms with Gasteiger partial charge in [-0.2, -0.15) is 0 Å². The molecule has 0 spiro atoms. The van der Waals surface area contributed by atoms with Gasteiger partial charge in [-0.15, -0.1) is 0 Å². The topological polar surface area (TPSA) is 79.8 Å². The van der Waals surface area contributed by atoms with Gasteiger partial charge in [0.1, 0.15) is 0 Å². The molecule has 1 fully saturated rings. The summed E-state index contributed by atoms with van der Waals surface area (Å²) in [7, 11) is 1.66. The van der Waals surface area contributed by atoms with E-state index in [-0.39, 0.29) is 24.7 Å². The van der Waals surface area contributed by atoms with Crippen molar-refractivity contribution >= 4 is 5.91 Å². The molecule has 1 amide bonds. The van der Waals surface area contributed by atoms with Crippen LogP contribution in [0.4, 0.5) is 0 Å². The number of carbonyl (C=O) groups is 1. The Morgan fingerprint density at radius 1 is 1.53 bits per heavy atom. The number of aliphatic hydroxyl groups is 1. The minimum Gasteiger partial charge on any atom is -0.394 e. The second-order valence-electron chi connectivity index (χ2n) is 4.03. The third-order valence-electron chi connectivity index (χ3n) is 2.74. The van der Waals surface area contributed by atoms with Crippen LogP contribution in [0, 0.1) is 0 Å². The predicted octanol–water partition coefficient (Wildman–Crippen LogP) is -1.12. The SMILES string of the molecule is COC1CNC(C(=O)NCCCOCCO)C1. The summed E-state index contributed by atoms with van der Waals surface area (Å²) in [5.74, 6) is 0.0201. The van der Waals surface area contributed by atoms with Crippen molar-refractivity contribution in [2.24, 2.45) is 0 Å². The van der Waals surface area contributed by atoms with Crippen LogP contribution in [0.1, 0.15) is 12.8 Å². The Hall–Kier alpha value is -0.690. The van der Waals surface area contributed by atoms with Crippen molar-refractivity contribution < 1.29 is 19.4 Å². The number of aliphatic hydroxyl groups excluding tert-OH is 1. The van der Waals surface area contributed by atoms with Gasteiger partial charge in [-0.25, -0.2) is 0 Å². The molecular weight excluding hydrogens is 224 g/mol. The number of carbonyl (C=O) groups excluding carboxylic acids is 1. The van der Waals surface area contributed by atoms with E-state index in [1.165, 1.54) is 0 Å². The van der Waals surface area contributed by atoms with Gasteiger partial charge in [0.25, 0.3) is 0 Å². The summed E-state index contributed by atoms with van der Waals surface area (Å²) < 4.78 is 10.3. The summed E-state index contributed by atoms with van der Waals surface area (Å²) >= 11 is 0. The number of amides is 1. The highest BCUT2D eigenvalue weighted by Crippen LogP contribution is 2.09. The number of methoxy groups -OCH3 is 1.